The van der Waals surface area contributed by atoms with Crippen LogP contribution in [-0.4, -0.2) is 36.4 Å². The van der Waals surface area contributed by atoms with Crippen molar-refractivity contribution in [2.24, 2.45) is 0 Å². The van der Waals surface area contributed by atoms with E-state index in [1.807, 2.05) is 0 Å². The van der Waals surface area contributed by atoms with E-state index in [9.17, 15) is 14.7 Å². The summed E-state index contributed by atoms with van der Waals surface area (Å²) in [6, 6.07) is 0. The maximum Gasteiger partial charge on any atom is 0.306 e. The van der Waals surface area contributed by atoms with E-state index in [-0.39, 0.29) is 25.2 Å². The lowest BCUT2D eigenvalue weighted by atomic mass is 10.1. The first-order valence-corrected chi connectivity index (χ1v) is 33.6. The minimum Gasteiger partial charge on any atom is -0.462 e. The molecule has 0 aromatic heterocycles. The number of unbranched alkanes of at least 4 members (excludes halogenated alkanes) is 10. The highest BCUT2D eigenvalue weighted by Crippen LogP contribution is 2.12. The van der Waals surface area contributed by atoms with Crippen LogP contribution in [0.4, 0.5) is 0 Å². The fraction of sp³-hybridized carbons (Fsp3) is 0.481. The molecule has 0 saturated heterocycles. The van der Waals surface area contributed by atoms with Gasteiger partial charge in [-0.2, -0.15) is 0 Å². The van der Waals surface area contributed by atoms with Gasteiger partial charge < -0.3 is 14.6 Å². The Morgan fingerprint density at radius 2 is 0.465 bits per heavy atom. The lowest BCUT2D eigenvalue weighted by Crippen LogP contribution is -2.28. The molecule has 0 saturated carbocycles. The van der Waals surface area contributed by atoms with Crippen molar-refractivity contribution in [3.63, 3.8) is 0 Å². The average Bonchev–Trinajstić information content (AvgIpc) is 3.53. The zero-order valence-electron chi connectivity index (χ0n) is 54.2. The molecule has 1 N–H and O–H groups in total. The first-order chi connectivity index (χ1) is 42.6. The van der Waals surface area contributed by atoms with Gasteiger partial charge in [-0.3, -0.25) is 9.59 Å². The molecule has 0 spiro atoms. The Bertz CT molecular complexity index is 2160. The van der Waals surface area contributed by atoms with Crippen molar-refractivity contribution in [2.75, 3.05) is 13.2 Å². The summed E-state index contributed by atoms with van der Waals surface area (Å²) in [4.78, 5) is 24.6. The topological polar surface area (TPSA) is 72.8 Å². The maximum absolute atomic E-state index is 12.3. The van der Waals surface area contributed by atoms with Crippen molar-refractivity contribution in [1.29, 1.82) is 0 Å². The van der Waals surface area contributed by atoms with Crippen molar-refractivity contribution in [3.05, 3.63) is 243 Å². The minimum atomic E-state index is -0.817. The summed E-state index contributed by atoms with van der Waals surface area (Å²) < 4.78 is 10.7. The minimum absolute atomic E-state index is 0.103. The molecule has 0 heterocycles. The highest BCUT2D eigenvalue weighted by atomic mass is 16.6. The van der Waals surface area contributed by atoms with Gasteiger partial charge in [0.1, 0.15) is 6.61 Å². The van der Waals surface area contributed by atoms with Gasteiger partial charge in [0, 0.05) is 12.8 Å². The molecule has 1 unspecified atom stereocenters. The molecule has 5 nitrogen and oxygen atoms in total. The third-order valence-electron chi connectivity index (χ3n) is 13.1. The van der Waals surface area contributed by atoms with E-state index in [1.165, 1.54) is 25.7 Å². The predicted molar refractivity (Wildman–Crippen MR) is 379 cm³/mol. The van der Waals surface area contributed by atoms with Crippen molar-refractivity contribution >= 4 is 11.9 Å². The zero-order chi connectivity index (χ0) is 61.9. The molecule has 0 aromatic carbocycles. The van der Waals surface area contributed by atoms with Gasteiger partial charge in [0.25, 0.3) is 0 Å². The highest BCUT2D eigenvalue weighted by molar-refractivity contribution is 5.70. The molecule has 0 aliphatic rings. The van der Waals surface area contributed by atoms with Crippen LogP contribution in [0.2, 0.25) is 0 Å². The summed E-state index contributed by atoms with van der Waals surface area (Å²) in [7, 11) is 0. The van der Waals surface area contributed by atoms with Gasteiger partial charge in [-0.25, -0.2) is 0 Å². The van der Waals surface area contributed by atoms with Crippen LogP contribution in [0.25, 0.3) is 0 Å². The van der Waals surface area contributed by atoms with Crippen LogP contribution < -0.4 is 0 Å². The number of hydrogen-bond acceptors (Lipinski definition) is 5. The van der Waals surface area contributed by atoms with Gasteiger partial charge >= 0.3 is 11.9 Å². The Labute approximate surface area is 527 Å². The predicted octanol–water partition coefficient (Wildman–Crippen LogP) is 23.9. The first-order valence-electron chi connectivity index (χ1n) is 33.6. The molecule has 86 heavy (non-hydrogen) atoms. The number of esters is 2. The number of allylic oxidation sites excluding steroid dienone is 40. The van der Waals surface area contributed by atoms with Crippen LogP contribution in [-0.2, 0) is 19.1 Å². The van der Waals surface area contributed by atoms with Gasteiger partial charge in [0.2, 0.25) is 0 Å². The van der Waals surface area contributed by atoms with Crippen molar-refractivity contribution in [2.45, 2.75) is 238 Å². The third kappa shape index (κ3) is 70.2. The van der Waals surface area contributed by atoms with Gasteiger partial charge in [-0.15, -0.1) is 0 Å². The number of hydrogen-bond donors (Lipinski definition) is 1. The molecule has 0 fully saturated rings. The fourth-order valence-corrected chi connectivity index (χ4v) is 8.20. The van der Waals surface area contributed by atoms with Crippen LogP contribution in [0.5, 0.6) is 0 Å². The monoisotopic (exact) mass is 1170 g/mol. The summed E-state index contributed by atoms with van der Waals surface area (Å²) in [5, 5.41) is 9.69. The normalized spacial score (nSPS) is 13.8. The number of ether oxygens (including phenoxy) is 2. The standard InChI is InChI=1S/C81H120O5/c1-3-5-7-9-11-13-15-17-19-21-23-25-27-29-31-33-35-37-39-40-42-44-46-48-50-52-54-56-58-60-62-64-66-68-70-72-74-76-81(84)86-79(77-82)78-85-80(83)75-73-71-69-67-65-63-61-59-57-55-53-51-49-47-45-43-41-38-36-34-32-30-28-26-24-22-20-18-16-14-12-10-8-6-4-2/h5-8,11-14,17-20,23-26,29-32,35-38,40,42-43,45-46,48-49,51-52,54-55,57-58,60,64,66,79,82H,3-4,9-10,15-16,21-22,27-28,33-34,39,41,44,47,50,53,56,59,61-63,65,67-78H2,1-2H3/b7-5-,8-6-,13-11-,14-12-,19-17-,20-18-,25-23-,26-24-,31-29-,32-30-,37-35-,38-36-,42-40-,45-43-,48-46-,51-49-,54-52-,57-55-,60-58-,66-64-. The molecule has 0 aromatic rings. The Kier molecular flexibility index (Phi) is 67.6. The van der Waals surface area contributed by atoms with Crippen LogP contribution in [0.15, 0.2) is 243 Å². The summed E-state index contributed by atoms with van der Waals surface area (Å²) >= 11 is 0. The zero-order valence-corrected chi connectivity index (χ0v) is 54.2. The Morgan fingerprint density at radius 3 is 0.709 bits per heavy atom. The van der Waals surface area contributed by atoms with Crippen molar-refractivity contribution in [1.82, 2.24) is 0 Å². The van der Waals surface area contributed by atoms with E-state index in [4.69, 9.17) is 9.47 Å². The van der Waals surface area contributed by atoms with Crippen LogP contribution >= 0.6 is 0 Å². The van der Waals surface area contributed by atoms with Crippen molar-refractivity contribution < 1.29 is 24.2 Å². The van der Waals surface area contributed by atoms with E-state index in [0.29, 0.717) is 12.8 Å². The Hall–Kier alpha value is -6.30. The van der Waals surface area contributed by atoms with Crippen LogP contribution in [0.1, 0.15) is 232 Å². The van der Waals surface area contributed by atoms with Crippen LogP contribution in [0, 0.1) is 0 Å². The molecule has 0 bridgehead atoms. The molecular weight excluding hydrogens is 1050 g/mol. The number of carbonyl (C=O) groups excluding carboxylic acids is 2. The largest absolute Gasteiger partial charge is 0.462 e. The smallest absolute Gasteiger partial charge is 0.306 e. The maximum atomic E-state index is 12.3. The Morgan fingerprint density at radius 1 is 0.267 bits per heavy atom. The fourth-order valence-electron chi connectivity index (χ4n) is 8.20. The molecule has 0 aliphatic heterocycles. The van der Waals surface area contributed by atoms with Gasteiger partial charge in [-0.1, -0.05) is 295 Å². The van der Waals surface area contributed by atoms with Crippen LogP contribution in [0.3, 0.4) is 0 Å². The molecule has 0 rings (SSSR count). The van der Waals surface area contributed by atoms with Crippen molar-refractivity contribution in [3.8, 4) is 0 Å². The average molecular weight is 1170 g/mol. The SMILES string of the molecule is CC/C=C\C/C=C\C/C=C\C/C=C\C/C=C\C/C=C\C/C=C\C/C=C\C/C=C\C/C=C\C/C=C\CCCCCC(=O)OC(CO)COC(=O)CCCCCCCCC/C=C\C/C=C\C/C=C\C/C=C\C/C=C\C/C=C\C/C=C\C/C=C\C/C=C\CC. The summed E-state index contributed by atoms with van der Waals surface area (Å²) in [5.74, 6) is -0.662. The lowest BCUT2D eigenvalue weighted by molar-refractivity contribution is -0.161. The first kappa shape index (κ1) is 79.7. The lowest BCUT2D eigenvalue weighted by Gasteiger charge is -2.15. The second kappa shape index (κ2) is 73.0. The summed E-state index contributed by atoms with van der Waals surface area (Å²) in [6.45, 7) is 3.86. The van der Waals surface area contributed by atoms with E-state index in [2.05, 4.69) is 257 Å². The van der Waals surface area contributed by atoms with Gasteiger partial charge in [-0.05, 0) is 167 Å². The van der Waals surface area contributed by atoms with E-state index >= 15 is 0 Å². The van der Waals surface area contributed by atoms with E-state index < -0.39 is 6.10 Å². The molecule has 0 radical (unpaired) electrons. The molecule has 0 amide bonds. The van der Waals surface area contributed by atoms with Gasteiger partial charge in [0.05, 0.1) is 6.61 Å². The molecular formula is C81H120O5. The molecule has 474 valence electrons. The Balaban J connectivity index is 3.71. The molecule has 0 aliphatic carbocycles. The number of aliphatic hydroxyl groups excluding tert-OH is 1. The molecule has 5 heteroatoms. The van der Waals surface area contributed by atoms with E-state index in [0.717, 1.165) is 180 Å². The number of aliphatic hydroxyl groups is 1. The van der Waals surface area contributed by atoms with Gasteiger partial charge in [0.15, 0.2) is 6.10 Å². The quantitative estimate of drug-likeness (QED) is 0.0373. The second-order valence-corrected chi connectivity index (χ2v) is 21.1. The second-order valence-electron chi connectivity index (χ2n) is 21.1. The van der Waals surface area contributed by atoms with E-state index in [1.54, 1.807) is 0 Å². The molecule has 1 atom stereocenters. The number of carbonyl (C=O) groups is 2. The summed E-state index contributed by atoms with van der Waals surface area (Å²) in [6.07, 6.45) is 121. The highest BCUT2D eigenvalue weighted by Gasteiger charge is 2.16. The summed E-state index contributed by atoms with van der Waals surface area (Å²) in [5.41, 5.74) is 0. The number of rotatable bonds is 58. The third-order valence-corrected chi connectivity index (χ3v) is 13.1.